The van der Waals surface area contributed by atoms with Gasteiger partial charge in [0.25, 0.3) is 0 Å². The molecule has 1 heterocycles. The van der Waals surface area contributed by atoms with E-state index in [-0.39, 0.29) is 0 Å². The Morgan fingerprint density at radius 1 is 1.10 bits per heavy atom. The smallest absolute Gasteiger partial charge is 0.122 e. The first-order chi connectivity index (χ1) is 9.72. The number of hydrogen-bond acceptors (Lipinski definition) is 2. The zero-order valence-electron chi connectivity index (χ0n) is 12.1. The summed E-state index contributed by atoms with van der Waals surface area (Å²) >= 11 is 0. The maximum Gasteiger partial charge on any atom is 0.122 e. The van der Waals surface area contributed by atoms with Crippen molar-refractivity contribution < 1.29 is 9.47 Å². The zero-order chi connectivity index (χ0) is 13.9. The molecule has 0 aliphatic carbocycles. The predicted molar refractivity (Wildman–Crippen MR) is 80.7 cm³/mol. The molecule has 104 valence electrons. The van der Waals surface area contributed by atoms with Crippen molar-refractivity contribution in [1.29, 1.82) is 0 Å². The quantitative estimate of drug-likeness (QED) is 0.828. The van der Waals surface area contributed by atoms with E-state index in [4.69, 9.17) is 9.47 Å². The highest BCUT2D eigenvalue weighted by atomic mass is 16.5. The van der Waals surface area contributed by atoms with Crippen molar-refractivity contribution in [2.75, 3.05) is 13.2 Å². The number of hydrogen-bond donors (Lipinski definition) is 0. The van der Waals surface area contributed by atoms with Gasteiger partial charge >= 0.3 is 0 Å². The molecule has 3 rings (SSSR count). The molecular formula is C18H20O2. The minimum absolute atomic E-state index is 0.417. The van der Waals surface area contributed by atoms with E-state index in [1.54, 1.807) is 0 Å². The van der Waals surface area contributed by atoms with Crippen LogP contribution >= 0.6 is 0 Å². The van der Waals surface area contributed by atoms with Crippen LogP contribution in [0.5, 0.6) is 11.5 Å². The van der Waals surface area contributed by atoms with Crippen molar-refractivity contribution in [2.45, 2.75) is 26.2 Å². The molecule has 20 heavy (non-hydrogen) atoms. The minimum atomic E-state index is 0.417. The van der Waals surface area contributed by atoms with Gasteiger partial charge in [0, 0.05) is 11.5 Å². The Hall–Kier alpha value is -1.96. The summed E-state index contributed by atoms with van der Waals surface area (Å²) in [6.07, 6.45) is 1.02. The van der Waals surface area contributed by atoms with E-state index < -0.39 is 0 Å². The molecule has 2 heteroatoms. The van der Waals surface area contributed by atoms with E-state index in [1.807, 2.05) is 12.1 Å². The van der Waals surface area contributed by atoms with Gasteiger partial charge in [0.1, 0.15) is 11.5 Å². The molecule has 0 bridgehead atoms. The van der Waals surface area contributed by atoms with E-state index in [1.165, 1.54) is 16.7 Å². The lowest BCUT2D eigenvalue weighted by Gasteiger charge is -2.25. The van der Waals surface area contributed by atoms with Gasteiger partial charge in [-0.15, -0.1) is 0 Å². The molecule has 1 aliphatic heterocycles. The Bertz CT molecular complexity index is 584. The molecule has 1 atom stereocenters. The fraction of sp³-hybridized carbons (Fsp3) is 0.333. The van der Waals surface area contributed by atoms with Gasteiger partial charge in [-0.2, -0.15) is 0 Å². The van der Waals surface area contributed by atoms with Crippen LogP contribution in [0.25, 0.3) is 0 Å². The first-order valence-corrected chi connectivity index (χ1v) is 7.15. The Morgan fingerprint density at radius 2 is 1.85 bits per heavy atom. The van der Waals surface area contributed by atoms with Gasteiger partial charge in [-0.05, 0) is 49.6 Å². The lowest BCUT2D eigenvalue weighted by Crippen LogP contribution is -2.19. The highest BCUT2D eigenvalue weighted by molar-refractivity contribution is 5.38. The Morgan fingerprint density at radius 3 is 2.65 bits per heavy atom. The molecule has 0 aromatic heterocycles. The molecule has 0 N–H and O–H groups in total. The summed E-state index contributed by atoms with van der Waals surface area (Å²) in [6, 6.07) is 14.6. The maximum atomic E-state index is 6.01. The van der Waals surface area contributed by atoms with Crippen molar-refractivity contribution in [1.82, 2.24) is 0 Å². The molecular weight excluding hydrogens is 248 g/mol. The predicted octanol–water partition coefficient (Wildman–Crippen LogP) is 4.25. The highest BCUT2D eigenvalue weighted by Gasteiger charge is 2.21. The van der Waals surface area contributed by atoms with Crippen LogP contribution in [0, 0.1) is 13.8 Å². The van der Waals surface area contributed by atoms with E-state index in [9.17, 15) is 0 Å². The third kappa shape index (κ3) is 2.79. The molecule has 0 fully saturated rings. The number of fused-ring (bicyclic) bond motifs is 1. The summed E-state index contributed by atoms with van der Waals surface area (Å²) in [5.74, 6) is 2.39. The van der Waals surface area contributed by atoms with Gasteiger partial charge in [0.05, 0.1) is 13.2 Å². The van der Waals surface area contributed by atoms with Crippen molar-refractivity contribution in [3.05, 3.63) is 59.2 Å². The Balaban J connectivity index is 1.73. The zero-order valence-corrected chi connectivity index (χ0v) is 12.1. The monoisotopic (exact) mass is 268 g/mol. The Kier molecular flexibility index (Phi) is 3.64. The lowest BCUT2D eigenvalue weighted by atomic mass is 9.94. The summed E-state index contributed by atoms with van der Waals surface area (Å²) < 4.78 is 11.7. The van der Waals surface area contributed by atoms with Crippen LogP contribution in [0.1, 0.15) is 29.0 Å². The Labute approximate surface area is 120 Å². The summed E-state index contributed by atoms with van der Waals surface area (Å²) in [5.41, 5.74) is 3.75. The van der Waals surface area contributed by atoms with Gasteiger partial charge in [0.15, 0.2) is 0 Å². The van der Waals surface area contributed by atoms with Gasteiger partial charge in [-0.25, -0.2) is 0 Å². The largest absolute Gasteiger partial charge is 0.493 e. The number of ether oxygens (including phenoxy) is 2. The number of rotatable bonds is 3. The molecule has 2 aromatic rings. The third-order valence-electron chi connectivity index (χ3n) is 3.73. The van der Waals surface area contributed by atoms with E-state index >= 15 is 0 Å². The number of aryl methyl sites for hydroxylation is 2. The SMILES string of the molecule is Cc1cc(C)cc(OCC2CCOc3ccccc32)c1. The molecule has 2 aromatic carbocycles. The van der Waals surface area contributed by atoms with E-state index in [0.717, 1.165) is 24.5 Å². The third-order valence-corrected chi connectivity index (χ3v) is 3.73. The van der Waals surface area contributed by atoms with Crippen LogP contribution in [0.15, 0.2) is 42.5 Å². The van der Waals surface area contributed by atoms with Crippen LogP contribution in [0.3, 0.4) is 0 Å². The van der Waals surface area contributed by atoms with E-state index in [2.05, 4.69) is 44.2 Å². The topological polar surface area (TPSA) is 18.5 Å². The van der Waals surface area contributed by atoms with Crippen molar-refractivity contribution >= 4 is 0 Å². The van der Waals surface area contributed by atoms with Gasteiger partial charge in [-0.3, -0.25) is 0 Å². The average Bonchev–Trinajstić information content (AvgIpc) is 2.44. The fourth-order valence-corrected chi connectivity index (χ4v) is 2.80. The van der Waals surface area contributed by atoms with Crippen LogP contribution < -0.4 is 9.47 Å². The molecule has 1 unspecified atom stereocenters. The van der Waals surface area contributed by atoms with Crippen LogP contribution in [-0.4, -0.2) is 13.2 Å². The summed E-state index contributed by atoms with van der Waals surface area (Å²) in [5, 5.41) is 0. The molecule has 1 aliphatic rings. The summed E-state index contributed by atoms with van der Waals surface area (Å²) in [4.78, 5) is 0. The van der Waals surface area contributed by atoms with Crippen LogP contribution in [0.2, 0.25) is 0 Å². The maximum absolute atomic E-state index is 6.01. The second-order valence-electron chi connectivity index (χ2n) is 5.51. The average molecular weight is 268 g/mol. The van der Waals surface area contributed by atoms with Gasteiger partial charge in [-0.1, -0.05) is 24.3 Å². The second kappa shape index (κ2) is 5.58. The van der Waals surface area contributed by atoms with Crippen molar-refractivity contribution in [3.63, 3.8) is 0 Å². The van der Waals surface area contributed by atoms with E-state index in [0.29, 0.717) is 12.5 Å². The van der Waals surface area contributed by atoms with Gasteiger partial charge in [0.2, 0.25) is 0 Å². The summed E-state index contributed by atoms with van der Waals surface area (Å²) in [6.45, 7) is 5.69. The first kappa shape index (κ1) is 13.0. The molecule has 0 saturated carbocycles. The van der Waals surface area contributed by atoms with Gasteiger partial charge < -0.3 is 9.47 Å². The molecule has 0 saturated heterocycles. The van der Waals surface area contributed by atoms with Crippen molar-refractivity contribution in [3.8, 4) is 11.5 Å². The molecule has 0 amide bonds. The molecule has 0 radical (unpaired) electrons. The van der Waals surface area contributed by atoms with Crippen LogP contribution in [0.4, 0.5) is 0 Å². The highest BCUT2D eigenvalue weighted by Crippen LogP contribution is 2.33. The normalized spacial score (nSPS) is 17.2. The molecule has 2 nitrogen and oxygen atoms in total. The minimum Gasteiger partial charge on any atom is -0.493 e. The fourth-order valence-electron chi connectivity index (χ4n) is 2.80. The summed E-state index contributed by atoms with van der Waals surface area (Å²) in [7, 11) is 0. The number of para-hydroxylation sites is 1. The lowest BCUT2D eigenvalue weighted by molar-refractivity contribution is 0.217. The van der Waals surface area contributed by atoms with Crippen LogP contribution in [-0.2, 0) is 0 Å². The standard InChI is InChI=1S/C18H20O2/c1-13-9-14(2)11-16(10-13)20-12-15-7-8-19-18-6-4-3-5-17(15)18/h3-6,9-11,15H,7-8,12H2,1-2H3. The molecule has 0 spiro atoms. The second-order valence-corrected chi connectivity index (χ2v) is 5.51. The number of benzene rings is 2. The first-order valence-electron chi connectivity index (χ1n) is 7.15. The van der Waals surface area contributed by atoms with Crippen molar-refractivity contribution in [2.24, 2.45) is 0 Å².